The van der Waals surface area contributed by atoms with Crippen molar-refractivity contribution in [1.29, 1.82) is 0 Å². The van der Waals surface area contributed by atoms with Gasteiger partial charge in [0.25, 0.3) is 0 Å². The predicted molar refractivity (Wildman–Crippen MR) is 128 cm³/mol. The molecule has 2 aromatic rings. The molecule has 0 atom stereocenters. The number of carbonyl (C=O) groups excluding carboxylic acids is 2. The third kappa shape index (κ3) is 8.22. The van der Waals surface area contributed by atoms with Gasteiger partial charge in [-0.2, -0.15) is 5.10 Å². The Morgan fingerprint density at radius 2 is 1.78 bits per heavy atom. The molecule has 0 aliphatic carbocycles. The van der Waals surface area contributed by atoms with E-state index in [1.807, 2.05) is 19.9 Å². The minimum absolute atomic E-state index is 0.0109. The topological polar surface area (TPSA) is 98.2 Å². The van der Waals surface area contributed by atoms with Crippen LogP contribution in [0, 0.1) is 0 Å². The summed E-state index contributed by atoms with van der Waals surface area (Å²) in [4.78, 5) is 24.0. The number of ether oxygens (including phenoxy) is 3. The molecule has 8 nitrogen and oxygen atoms in total. The molecule has 0 fully saturated rings. The standard InChI is InChI=1S/C23H28BrN3O5/c1-4-12-32-23-19(24)13-16(14-20(23)30-3)15-25-27-22(29)11-10-21(28)26-17-6-8-18(9-7-17)31-5-2/h6-9,13-15H,4-5,10-12H2,1-3H3,(H,26,28)(H,27,29). The van der Waals surface area contributed by atoms with E-state index >= 15 is 0 Å². The summed E-state index contributed by atoms with van der Waals surface area (Å²) in [5, 5.41) is 6.69. The fourth-order valence-corrected chi connectivity index (χ4v) is 3.22. The Labute approximate surface area is 196 Å². The Hall–Kier alpha value is -3.07. The summed E-state index contributed by atoms with van der Waals surface area (Å²) in [6.07, 6.45) is 2.42. The van der Waals surface area contributed by atoms with Crippen molar-refractivity contribution in [3.05, 3.63) is 46.4 Å². The number of carbonyl (C=O) groups is 2. The molecule has 32 heavy (non-hydrogen) atoms. The molecular weight excluding hydrogens is 478 g/mol. The molecule has 0 aromatic heterocycles. The minimum atomic E-state index is -0.364. The lowest BCUT2D eigenvalue weighted by Crippen LogP contribution is -2.20. The number of rotatable bonds is 12. The van der Waals surface area contributed by atoms with Gasteiger partial charge in [0.05, 0.1) is 31.0 Å². The molecule has 0 saturated heterocycles. The fourth-order valence-electron chi connectivity index (χ4n) is 2.64. The Morgan fingerprint density at radius 3 is 2.44 bits per heavy atom. The van der Waals surface area contributed by atoms with Crippen LogP contribution in [0.2, 0.25) is 0 Å². The smallest absolute Gasteiger partial charge is 0.240 e. The molecule has 0 radical (unpaired) electrons. The second kappa shape index (κ2) is 13.4. The minimum Gasteiger partial charge on any atom is -0.494 e. The maximum atomic E-state index is 12.0. The van der Waals surface area contributed by atoms with Crippen LogP contribution >= 0.6 is 15.9 Å². The number of nitrogens with one attached hydrogen (secondary N) is 2. The van der Waals surface area contributed by atoms with Gasteiger partial charge < -0.3 is 19.5 Å². The second-order valence-electron chi connectivity index (χ2n) is 6.68. The van der Waals surface area contributed by atoms with E-state index in [1.54, 1.807) is 37.4 Å². The first-order valence-corrected chi connectivity index (χ1v) is 11.1. The van der Waals surface area contributed by atoms with E-state index < -0.39 is 0 Å². The van der Waals surface area contributed by atoms with E-state index in [1.165, 1.54) is 6.21 Å². The monoisotopic (exact) mass is 505 g/mol. The number of hydrogen-bond donors (Lipinski definition) is 2. The van der Waals surface area contributed by atoms with Crippen molar-refractivity contribution >= 4 is 39.6 Å². The molecule has 2 N–H and O–H groups in total. The van der Waals surface area contributed by atoms with E-state index in [4.69, 9.17) is 14.2 Å². The Balaban J connectivity index is 1.82. The van der Waals surface area contributed by atoms with Crippen molar-refractivity contribution < 1.29 is 23.8 Å². The zero-order chi connectivity index (χ0) is 23.3. The molecule has 2 aromatic carbocycles. The van der Waals surface area contributed by atoms with E-state index in [0.29, 0.717) is 36.0 Å². The van der Waals surface area contributed by atoms with Crippen LogP contribution in [0.25, 0.3) is 0 Å². The van der Waals surface area contributed by atoms with Crippen molar-refractivity contribution in [3.8, 4) is 17.2 Å². The van der Waals surface area contributed by atoms with Crippen molar-refractivity contribution in [1.82, 2.24) is 5.43 Å². The lowest BCUT2D eigenvalue weighted by Gasteiger charge is -2.12. The maximum absolute atomic E-state index is 12.0. The zero-order valence-electron chi connectivity index (χ0n) is 18.4. The van der Waals surface area contributed by atoms with Crippen molar-refractivity contribution in [2.75, 3.05) is 25.6 Å². The molecule has 0 saturated carbocycles. The third-order valence-electron chi connectivity index (χ3n) is 4.13. The molecule has 0 unspecified atom stereocenters. The summed E-state index contributed by atoms with van der Waals surface area (Å²) < 4.78 is 17.1. The molecule has 9 heteroatoms. The highest BCUT2D eigenvalue weighted by Gasteiger charge is 2.11. The van der Waals surface area contributed by atoms with Crippen molar-refractivity contribution in [3.63, 3.8) is 0 Å². The number of anilines is 1. The molecular formula is C23H28BrN3O5. The zero-order valence-corrected chi connectivity index (χ0v) is 20.0. The number of hydrazone groups is 1. The SMILES string of the molecule is CCCOc1c(Br)cc(C=NNC(=O)CCC(=O)Nc2ccc(OCC)cc2)cc1OC. The van der Waals surface area contributed by atoms with Crippen LogP contribution in [0.3, 0.4) is 0 Å². The van der Waals surface area contributed by atoms with Crippen LogP contribution in [0.1, 0.15) is 38.7 Å². The van der Waals surface area contributed by atoms with E-state index in [0.717, 1.165) is 16.6 Å². The second-order valence-corrected chi connectivity index (χ2v) is 7.54. The van der Waals surface area contributed by atoms with Gasteiger partial charge in [-0.05, 0) is 71.2 Å². The lowest BCUT2D eigenvalue weighted by molar-refractivity contribution is -0.124. The summed E-state index contributed by atoms with van der Waals surface area (Å²) >= 11 is 3.46. The lowest BCUT2D eigenvalue weighted by atomic mass is 10.2. The number of nitrogens with zero attached hydrogens (tertiary/aromatic N) is 1. The quantitative estimate of drug-likeness (QED) is 0.326. The first-order valence-electron chi connectivity index (χ1n) is 10.3. The van der Waals surface area contributed by atoms with E-state index in [2.05, 4.69) is 31.8 Å². The number of benzene rings is 2. The van der Waals surface area contributed by atoms with Crippen molar-refractivity contribution in [2.45, 2.75) is 33.1 Å². The van der Waals surface area contributed by atoms with Gasteiger partial charge in [-0.15, -0.1) is 0 Å². The molecule has 0 spiro atoms. The van der Waals surface area contributed by atoms with Gasteiger partial charge in [0.1, 0.15) is 5.75 Å². The number of methoxy groups -OCH3 is 1. The number of hydrogen-bond acceptors (Lipinski definition) is 6. The highest BCUT2D eigenvalue weighted by molar-refractivity contribution is 9.10. The van der Waals surface area contributed by atoms with Gasteiger partial charge in [-0.25, -0.2) is 5.43 Å². The van der Waals surface area contributed by atoms with Gasteiger partial charge >= 0.3 is 0 Å². The molecule has 0 heterocycles. The first-order chi connectivity index (χ1) is 15.5. The number of halogens is 1. The average molecular weight is 506 g/mol. The summed E-state index contributed by atoms with van der Waals surface area (Å²) in [6, 6.07) is 10.6. The molecule has 2 amide bonds. The molecule has 0 aliphatic heterocycles. The fraction of sp³-hybridized carbons (Fsp3) is 0.348. The largest absolute Gasteiger partial charge is 0.494 e. The first kappa shape index (κ1) is 25.2. The van der Waals surface area contributed by atoms with Crippen LogP contribution < -0.4 is 25.0 Å². The van der Waals surface area contributed by atoms with E-state index in [9.17, 15) is 9.59 Å². The van der Waals surface area contributed by atoms with Gasteiger partial charge in [0.2, 0.25) is 11.8 Å². The van der Waals surface area contributed by atoms with Crippen molar-refractivity contribution in [2.24, 2.45) is 5.10 Å². The van der Waals surface area contributed by atoms with Crippen LogP contribution in [0.5, 0.6) is 17.2 Å². The van der Waals surface area contributed by atoms with Gasteiger partial charge in [-0.1, -0.05) is 6.92 Å². The van der Waals surface area contributed by atoms with Gasteiger partial charge in [-0.3, -0.25) is 9.59 Å². The number of amides is 2. The molecule has 172 valence electrons. The summed E-state index contributed by atoms with van der Waals surface area (Å²) in [5.74, 6) is 1.29. The average Bonchev–Trinajstić information content (AvgIpc) is 2.78. The Morgan fingerprint density at radius 1 is 1.06 bits per heavy atom. The molecule has 2 rings (SSSR count). The van der Waals surface area contributed by atoms with Crippen LogP contribution in [0.4, 0.5) is 5.69 Å². The molecule has 0 bridgehead atoms. The van der Waals surface area contributed by atoms with Gasteiger partial charge in [0.15, 0.2) is 11.5 Å². The van der Waals surface area contributed by atoms with E-state index in [-0.39, 0.29) is 24.7 Å². The maximum Gasteiger partial charge on any atom is 0.240 e. The van der Waals surface area contributed by atoms with Crippen LogP contribution in [0.15, 0.2) is 46.0 Å². The summed E-state index contributed by atoms with van der Waals surface area (Å²) in [7, 11) is 1.56. The summed E-state index contributed by atoms with van der Waals surface area (Å²) in [6.45, 7) is 5.07. The van der Waals surface area contributed by atoms with Crippen LogP contribution in [-0.2, 0) is 9.59 Å². The van der Waals surface area contributed by atoms with Gasteiger partial charge in [0, 0.05) is 18.5 Å². The summed E-state index contributed by atoms with van der Waals surface area (Å²) in [5.41, 5.74) is 3.78. The Kier molecular flexibility index (Phi) is 10.5. The van der Waals surface area contributed by atoms with Crippen LogP contribution in [-0.4, -0.2) is 38.4 Å². The highest BCUT2D eigenvalue weighted by Crippen LogP contribution is 2.36. The predicted octanol–water partition coefficient (Wildman–Crippen LogP) is 4.51. The normalized spacial score (nSPS) is 10.6. The highest BCUT2D eigenvalue weighted by atomic mass is 79.9. The third-order valence-corrected chi connectivity index (χ3v) is 4.72. The molecule has 0 aliphatic rings. The Bertz CT molecular complexity index is 932.